The molecule has 10 heteroatoms. The van der Waals surface area contributed by atoms with Gasteiger partial charge in [0.25, 0.3) is 0 Å². The Hall–Kier alpha value is -3.92. The van der Waals surface area contributed by atoms with Crippen LogP contribution in [0.2, 0.25) is 19.6 Å². The van der Waals surface area contributed by atoms with Crippen molar-refractivity contribution in [2.24, 2.45) is 4.99 Å². The van der Waals surface area contributed by atoms with E-state index in [1.807, 2.05) is 43.3 Å². The summed E-state index contributed by atoms with van der Waals surface area (Å²) >= 11 is 0. The zero-order chi connectivity index (χ0) is 29.0. The first-order chi connectivity index (χ1) is 18.9. The fraction of sp³-hybridized carbons (Fsp3) is 0.400. The van der Waals surface area contributed by atoms with Crippen molar-refractivity contribution in [2.75, 3.05) is 6.54 Å². The van der Waals surface area contributed by atoms with Crippen LogP contribution in [0.4, 0.5) is 4.79 Å². The lowest BCUT2D eigenvalue weighted by Gasteiger charge is -2.39. The van der Waals surface area contributed by atoms with Crippen LogP contribution in [0.5, 0.6) is 5.75 Å². The predicted molar refractivity (Wildman–Crippen MR) is 153 cm³/mol. The molecule has 212 valence electrons. The Labute approximate surface area is 235 Å². The zero-order valence-electron chi connectivity index (χ0n) is 23.3. The molecule has 3 atom stereocenters. The number of benzene rings is 2. The standard InChI is InChI=1S/C30H36N2O7Si/c1-21(40(2,3)4)38-27(35)29(32-28(36)37-19-22-10-6-5-7-11-22)16-14-23-12-8-13-25(24(23)18-29)39-30(26(33)34)15-9-17-31-20-30/h5-13,15,17,21H,14,16,18-20H2,1-4H3,(H,32,36)(H,33,34)/t21?,29?,30-/m0/s1. The number of carbonyl (C=O) groups is 3. The fourth-order valence-corrected chi connectivity index (χ4v) is 5.02. The summed E-state index contributed by atoms with van der Waals surface area (Å²) in [6.07, 6.45) is 4.56. The number of carboxylic acid groups (broad SMARTS) is 1. The quantitative estimate of drug-likeness (QED) is 0.340. The number of esters is 1. The third-order valence-electron chi connectivity index (χ3n) is 7.52. The van der Waals surface area contributed by atoms with E-state index in [0.717, 1.165) is 11.1 Å². The van der Waals surface area contributed by atoms with Crippen LogP contribution in [0.1, 0.15) is 30.0 Å². The molecule has 0 spiro atoms. The van der Waals surface area contributed by atoms with E-state index < -0.39 is 37.2 Å². The lowest BCUT2D eigenvalue weighted by molar-refractivity contribution is -0.154. The van der Waals surface area contributed by atoms with Gasteiger partial charge in [0, 0.05) is 18.2 Å². The Kier molecular flexibility index (Phi) is 8.48. The molecule has 2 aromatic rings. The Balaban J connectivity index is 1.65. The number of amides is 1. The molecule has 2 unspecified atom stereocenters. The number of rotatable bonds is 9. The number of aliphatic imine (C=N–C) groups is 1. The Morgan fingerprint density at radius 1 is 1.10 bits per heavy atom. The number of nitrogens with one attached hydrogen (secondary N) is 1. The maximum atomic E-state index is 13.8. The van der Waals surface area contributed by atoms with Crippen LogP contribution in [0.25, 0.3) is 0 Å². The molecular formula is C30H36N2O7Si. The van der Waals surface area contributed by atoms with Gasteiger partial charge in [-0.2, -0.15) is 0 Å². The summed E-state index contributed by atoms with van der Waals surface area (Å²) in [5.74, 6) is -1.41. The second kappa shape index (κ2) is 11.7. The highest BCUT2D eigenvalue weighted by Crippen LogP contribution is 2.38. The lowest BCUT2D eigenvalue weighted by Crippen LogP contribution is -2.60. The maximum absolute atomic E-state index is 13.8. The van der Waals surface area contributed by atoms with Gasteiger partial charge in [0.2, 0.25) is 5.60 Å². The fourth-order valence-electron chi connectivity index (χ4n) is 4.56. The Morgan fingerprint density at radius 2 is 1.85 bits per heavy atom. The van der Waals surface area contributed by atoms with Gasteiger partial charge in [0.15, 0.2) is 0 Å². The molecule has 4 rings (SSSR count). The monoisotopic (exact) mass is 564 g/mol. The second-order valence-corrected chi connectivity index (χ2v) is 16.9. The molecule has 1 aliphatic heterocycles. The lowest BCUT2D eigenvalue weighted by atomic mass is 9.77. The first-order valence-corrected chi connectivity index (χ1v) is 16.9. The molecular weight excluding hydrogens is 528 g/mol. The molecule has 0 bridgehead atoms. The number of alkyl carbamates (subject to hydrolysis) is 1. The average molecular weight is 565 g/mol. The van der Waals surface area contributed by atoms with Crippen LogP contribution < -0.4 is 10.1 Å². The van der Waals surface area contributed by atoms with Crippen molar-refractivity contribution in [1.29, 1.82) is 0 Å². The minimum absolute atomic E-state index is 0.0437. The number of fused-ring (bicyclic) bond motifs is 1. The number of allylic oxidation sites excluding steroid dienone is 1. The molecule has 0 aromatic heterocycles. The number of ether oxygens (including phenoxy) is 3. The van der Waals surface area contributed by atoms with Crippen LogP contribution in [0.15, 0.2) is 65.7 Å². The number of hydrogen-bond donors (Lipinski definition) is 2. The second-order valence-electron chi connectivity index (χ2n) is 11.4. The molecule has 2 aromatic carbocycles. The van der Waals surface area contributed by atoms with Crippen LogP contribution >= 0.6 is 0 Å². The van der Waals surface area contributed by atoms with E-state index in [4.69, 9.17) is 14.2 Å². The predicted octanol–water partition coefficient (Wildman–Crippen LogP) is 4.49. The van der Waals surface area contributed by atoms with Gasteiger partial charge in [-0.3, -0.25) is 4.99 Å². The van der Waals surface area contributed by atoms with Gasteiger partial charge >= 0.3 is 18.0 Å². The number of carboxylic acids is 1. The highest BCUT2D eigenvalue weighted by molar-refractivity contribution is 6.77. The van der Waals surface area contributed by atoms with Gasteiger partial charge in [-0.1, -0.05) is 62.1 Å². The zero-order valence-corrected chi connectivity index (χ0v) is 24.3. The van der Waals surface area contributed by atoms with Crippen molar-refractivity contribution in [2.45, 2.75) is 69.3 Å². The number of carbonyl (C=O) groups excluding carboxylic acids is 2. The number of dihydropyridines is 1. The first-order valence-electron chi connectivity index (χ1n) is 13.3. The summed E-state index contributed by atoms with van der Waals surface area (Å²) in [4.78, 5) is 43.2. The highest BCUT2D eigenvalue weighted by atomic mass is 28.3. The number of nitrogens with zero attached hydrogens (tertiary/aromatic N) is 1. The molecule has 0 radical (unpaired) electrons. The largest absolute Gasteiger partial charge is 0.478 e. The van der Waals surface area contributed by atoms with Gasteiger partial charge < -0.3 is 24.6 Å². The molecule has 0 saturated carbocycles. The van der Waals surface area contributed by atoms with Gasteiger partial charge in [0.05, 0.1) is 20.3 Å². The Bertz CT molecular complexity index is 1320. The SMILES string of the molecule is CC(OC(=O)C1(NC(=O)OCc2ccccc2)CCc2cccc(O[C@@]3(C(=O)O)C=CC=NC3)c2C1)[Si](C)(C)C. The summed E-state index contributed by atoms with van der Waals surface area (Å²) in [5, 5.41) is 12.8. The third-order valence-corrected chi connectivity index (χ3v) is 10.1. The molecule has 1 amide bonds. The van der Waals surface area contributed by atoms with Gasteiger partial charge in [-0.05, 0) is 49.1 Å². The van der Waals surface area contributed by atoms with Crippen molar-refractivity contribution in [3.8, 4) is 5.75 Å². The minimum atomic E-state index is -1.85. The van der Waals surface area contributed by atoms with Crippen LogP contribution in [0.3, 0.4) is 0 Å². The van der Waals surface area contributed by atoms with Crippen molar-refractivity contribution < 1.29 is 33.7 Å². The van der Waals surface area contributed by atoms with E-state index in [1.165, 1.54) is 18.4 Å². The van der Waals surface area contributed by atoms with Gasteiger partial charge in [-0.15, -0.1) is 0 Å². The van der Waals surface area contributed by atoms with Crippen molar-refractivity contribution in [3.63, 3.8) is 0 Å². The van der Waals surface area contributed by atoms with E-state index in [9.17, 15) is 19.5 Å². The topological polar surface area (TPSA) is 124 Å². The summed E-state index contributed by atoms with van der Waals surface area (Å²) < 4.78 is 17.6. The van der Waals surface area contributed by atoms with Gasteiger partial charge in [0.1, 0.15) is 17.9 Å². The van der Waals surface area contributed by atoms with Crippen LogP contribution in [-0.2, 0) is 38.5 Å². The van der Waals surface area contributed by atoms with Crippen molar-refractivity contribution >= 4 is 32.3 Å². The molecule has 0 saturated heterocycles. The van der Waals surface area contributed by atoms with E-state index in [0.29, 0.717) is 17.7 Å². The summed E-state index contributed by atoms with van der Waals surface area (Å²) in [5.41, 5.74) is -1.05. The minimum Gasteiger partial charge on any atom is -0.478 e. The van der Waals surface area contributed by atoms with Crippen molar-refractivity contribution in [1.82, 2.24) is 5.32 Å². The van der Waals surface area contributed by atoms with Crippen LogP contribution in [-0.4, -0.2) is 60.8 Å². The van der Waals surface area contributed by atoms with E-state index in [1.54, 1.807) is 12.1 Å². The Morgan fingerprint density at radius 3 is 2.50 bits per heavy atom. The molecule has 0 fully saturated rings. The third kappa shape index (κ3) is 6.44. The van der Waals surface area contributed by atoms with E-state index in [-0.39, 0.29) is 31.7 Å². The van der Waals surface area contributed by atoms with Crippen molar-refractivity contribution in [3.05, 3.63) is 77.4 Å². The summed E-state index contributed by atoms with van der Waals surface area (Å²) in [6, 6.07) is 14.6. The molecule has 40 heavy (non-hydrogen) atoms. The average Bonchev–Trinajstić information content (AvgIpc) is 2.92. The smallest absolute Gasteiger partial charge is 0.408 e. The van der Waals surface area contributed by atoms with Gasteiger partial charge in [-0.25, -0.2) is 14.4 Å². The van der Waals surface area contributed by atoms with E-state index in [2.05, 4.69) is 30.0 Å². The number of hydrogen-bond acceptors (Lipinski definition) is 7. The maximum Gasteiger partial charge on any atom is 0.408 e. The van der Waals surface area contributed by atoms with E-state index >= 15 is 0 Å². The first kappa shape index (κ1) is 29.1. The molecule has 9 nitrogen and oxygen atoms in total. The molecule has 2 aliphatic rings. The molecule has 1 heterocycles. The number of aryl methyl sites for hydroxylation is 1. The molecule has 1 aliphatic carbocycles. The summed E-state index contributed by atoms with van der Waals surface area (Å²) in [7, 11) is -1.85. The molecule has 2 N–H and O–H groups in total. The van der Waals surface area contributed by atoms with Crippen LogP contribution in [0, 0.1) is 0 Å². The number of aliphatic carboxylic acids is 1. The normalized spacial score (nSPS) is 22.5. The summed E-state index contributed by atoms with van der Waals surface area (Å²) in [6.45, 7) is 8.14. The highest BCUT2D eigenvalue weighted by Gasteiger charge is 2.48.